The Bertz CT molecular complexity index is 631. The average Bonchev–Trinajstić information content (AvgIpc) is 2.63. The Morgan fingerprint density at radius 2 is 1.08 bits per heavy atom. The van der Waals surface area contributed by atoms with E-state index in [0.29, 0.717) is 5.92 Å². The molecule has 0 heteroatoms. The van der Waals surface area contributed by atoms with Crippen LogP contribution in [0.2, 0.25) is 0 Å². The number of hydrogen-bond acceptors (Lipinski definition) is 0. The summed E-state index contributed by atoms with van der Waals surface area (Å²) < 4.78 is 0. The lowest BCUT2D eigenvalue weighted by molar-refractivity contribution is 0.504. The van der Waals surface area contributed by atoms with Gasteiger partial charge < -0.3 is 0 Å². The van der Waals surface area contributed by atoms with Crippen LogP contribution >= 0.6 is 0 Å². The SMILES string of the molecule is CCC(c1cccc(C(C)(C)CC)c1)c1cccc(C(C)(C)CC)c1. The van der Waals surface area contributed by atoms with Crippen LogP contribution in [0.5, 0.6) is 0 Å². The first-order valence-corrected chi connectivity index (χ1v) is 9.96. The smallest absolute Gasteiger partial charge is 0.00869 e. The third-order valence-corrected chi connectivity index (χ3v) is 6.32. The van der Waals surface area contributed by atoms with Crippen molar-refractivity contribution >= 4 is 0 Å². The van der Waals surface area contributed by atoms with Crippen LogP contribution in [0.15, 0.2) is 48.5 Å². The summed E-state index contributed by atoms with van der Waals surface area (Å²) in [6.45, 7) is 16.2. The zero-order valence-electron chi connectivity index (χ0n) is 17.3. The second-order valence-corrected chi connectivity index (χ2v) is 8.69. The summed E-state index contributed by atoms with van der Waals surface area (Å²) in [5.41, 5.74) is 6.29. The molecule has 0 amide bonds. The second-order valence-electron chi connectivity index (χ2n) is 8.69. The molecule has 0 aliphatic heterocycles. The molecule has 0 aliphatic carbocycles. The van der Waals surface area contributed by atoms with E-state index in [-0.39, 0.29) is 10.8 Å². The Kier molecular flexibility index (Phi) is 6.14. The molecule has 0 N–H and O–H groups in total. The molecule has 136 valence electrons. The molecular formula is C25H36. The Morgan fingerprint density at radius 1 is 0.680 bits per heavy atom. The lowest BCUT2D eigenvalue weighted by atomic mass is 9.78. The molecule has 0 aliphatic rings. The predicted molar refractivity (Wildman–Crippen MR) is 112 cm³/mol. The highest BCUT2D eigenvalue weighted by Gasteiger charge is 2.22. The normalized spacial score (nSPS) is 12.6. The lowest BCUT2D eigenvalue weighted by Crippen LogP contribution is -2.17. The number of hydrogen-bond donors (Lipinski definition) is 0. The summed E-state index contributed by atoms with van der Waals surface area (Å²) in [6, 6.07) is 18.6. The summed E-state index contributed by atoms with van der Waals surface area (Å²) in [5.74, 6) is 0.472. The molecule has 0 unspecified atom stereocenters. The van der Waals surface area contributed by atoms with Crippen molar-refractivity contribution < 1.29 is 0 Å². The molecule has 0 nitrogen and oxygen atoms in total. The van der Waals surface area contributed by atoms with Crippen molar-refractivity contribution in [3.05, 3.63) is 70.8 Å². The molecule has 0 fully saturated rings. The van der Waals surface area contributed by atoms with Crippen molar-refractivity contribution in [1.29, 1.82) is 0 Å². The number of rotatable bonds is 7. The monoisotopic (exact) mass is 336 g/mol. The van der Waals surface area contributed by atoms with E-state index in [1.165, 1.54) is 22.3 Å². The van der Waals surface area contributed by atoms with Gasteiger partial charge in [0.25, 0.3) is 0 Å². The minimum Gasteiger partial charge on any atom is -0.0646 e. The molecule has 2 aromatic rings. The quantitative estimate of drug-likeness (QED) is 0.488. The van der Waals surface area contributed by atoms with Gasteiger partial charge >= 0.3 is 0 Å². The van der Waals surface area contributed by atoms with E-state index < -0.39 is 0 Å². The summed E-state index contributed by atoms with van der Waals surface area (Å²) >= 11 is 0. The highest BCUT2D eigenvalue weighted by atomic mass is 14.3. The van der Waals surface area contributed by atoms with E-state index in [9.17, 15) is 0 Å². The van der Waals surface area contributed by atoms with Gasteiger partial charge in [0, 0.05) is 5.92 Å². The molecule has 0 atom stereocenters. The lowest BCUT2D eigenvalue weighted by Gasteiger charge is -2.27. The molecule has 0 aromatic heterocycles. The number of benzene rings is 2. The van der Waals surface area contributed by atoms with Gasteiger partial charge in [-0.05, 0) is 52.3 Å². The van der Waals surface area contributed by atoms with Gasteiger partial charge in [-0.3, -0.25) is 0 Å². The van der Waals surface area contributed by atoms with Crippen LogP contribution in [0, 0.1) is 0 Å². The molecule has 0 heterocycles. The Morgan fingerprint density at radius 3 is 1.40 bits per heavy atom. The van der Waals surface area contributed by atoms with Crippen LogP contribution in [0.25, 0.3) is 0 Å². The summed E-state index contributed by atoms with van der Waals surface area (Å²) in [6.07, 6.45) is 3.45. The van der Waals surface area contributed by atoms with Crippen LogP contribution in [-0.2, 0) is 10.8 Å². The van der Waals surface area contributed by atoms with Crippen LogP contribution < -0.4 is 0 Å². The predicted octanol–water partition coefficient (Wildman–Crippen LogP) is 7.60. The van der Waals surface area contributed by atoms with Crippen molar-refractivity contribution in [3.8, 4) is 0 Å². The summed E-state index contributed by atoms with van der Waals surface area (Å²) in [4.78, 5) is 0. The molecule has 2 rings (SSSR count). The van der Waals surface area contributed by atoms with E-state index in [0.717, 1.165) is 19.3 Å². The zero-order valence-corrected chi connectivity index (χ0v) is 17.3. The topological polar surface area (TPSA) is 0 Å². The highest BCUT2D eigenvalue weighted by Crippen LogP contribution is 2.35. The third-order valence-electron chi connectivity index (χ3n) is 6.32. The van der Waals surface area contributed by atoms with Crippen LogP contribution in [0.4, 0.5) is 0 Å². The Labute approximate surface area is 155 Å². The summed E-state index contributed by atoms with van der Waals surface area (Å²) in [5, 5.41) is 0. The fraction of sp³-hybridized carbons (Fsp3) is 0.520. The first-order chi connectivity index (χ1) is 11.7. The van der Waals surface area contributed by atoms with Crippen molar-refractivity contribution in [2.75, 3.05) is 0 Å². The van der Waals surface area contributed by atoms with Gasteiger partial charge in [0.15, 0.2) is 0 Å². The van der Waals surface area contributed by atoms with Gasteiger partial charge in [-0.25, -0.2) is 0 Å². The van der Waals surface area contributed by atoms with Crippen LogP contribution in [0.3, 0.4) is 0 Å². The van der Waals surface area contributed by atoms with E-state index >= 15 is 0 Å². The third kappa shape index (κ3) is 4.35. The van der Waals surface area contributed by atoms with E-state index in [1.54, 1.807) is 0 Å². The van der Waals surface area contributed by atoms with Crippen molar-refractivity contribution in [2.45, 2.75) is 84.5 Å². The van der Waals surface area contributed by atoms with E-state index in [2.05, 4.69) is 97.0 Å². The second kappa shape index (κ2) is 7.77. The fourth-order valence-electron chi connectivity index (χ4n) is 3.42. The Balaban J connectivity index is 2.44. The van der Waals surface area contributed by atoms with Crippen molar-refractivity contribution in [3.63, 3.8) is 0 Å². The summed E-state index contributed by atoms with van der Waals surface area (Å²) in [7, 11) is 0. The largest absolute Gasteiger partial charge is 0.0646 e. The van der Waals surface area contributed by atoms with E-state index in [1.807, 2.05) is 0 Å². The van der Waals surface area contributed by atoms with Gasteiger partial charge in [0.2, 0.25) is 0 Å². The highest BCUT2D eigenvalue weighted by molar-refractivity contribution is 5.39. The molecule has 2 aromatic carbocycles. The molecule has 0 saturated carbocycles. The first-order valence-electron chi connectivity index (χ1n) is 9.96. The van der Waals surface area contributed by atoms with E-state index in [4.69, 9.17) is 0 Å². The van der Waals surface area contributed by atoms with Gasteiger partial charge in [-0.2, -0.15) is 0 Å². The van der Waals surface area contributed by atoms with Gasteiger partial charge in [-0.1, -0.05) is 97.0 Å². The van der Waals surface area contributed by atoms with Crippen LogP contribution in [0.1, 0.15) is 95.9 Å². The maximum atomic E-state index is 2.44. The fourth-order valence-corrected chi connectivity index (χ4v) is 3.42. The van der Waals surface area contributed by atoms with Crippen molar-refractivity contribution in [1.82, 2.24) is 0 Å². The molecule has 0 bridgehead atoms. The van der Waals surface area contributed by atoms with Gasteiger partial charge in [0.1, 0.15) is 0 Å². The Hall–Kier alpha value is -1.56. The average molecular weight is 337 g/mol. The molecular weight excluding hydrogens is 300 g/mol. The van der Waals surface area contributed by atoms with Crippen molar-refractivity contribution in [2.24, 2.45) is 0 Å². The minimum absolute atomic E-state index is 0.236. The standard InChI is InChI=1S/C25H36/c1-8-23(19-13-11-15-21(17-19)24(4,5)9-2)20-14-12-16-22(18-20)25(6,7)10-3/h11-18,23H,8-10H2,1-7H3. The zero-order chi connectivity index (χ0) is 18.7. The molecule has 0 spiro atoms. The maximum Gasteiger partial charge on any atom is 0.00869 e. The minimum atomic E-state index is 0.236. The van der Waals surface area contributed by atoms with Crippen LogP contribution in [-0.4, -0.2) is 0 Å². The van der Waals surface area contributed by atoms with Gasteiger partial charge in [-0.15, -0.1) is 0 Å². The maximum absolute atomic E-state index is 2.44. The molecule has 0 saturated heterocycles. The van der Waals surface area contributed by atoms with Gasteiger partial charge in [0.05, 0.1) is 0 Å². The molecule has 25 heavy (non-hydrogen) atoms. The first kappa shape index (κ1) is 19.8. The molecule has 0 radical (unpaired) electrons.